The Morgan fingerprint density at radius 1 is 1.03 bits per heavy atom. The maximum atomic E-state index is 14.0. The lowest BCUT2D eigenvalue weighted by molar-refractivity contribution is 0.0699. The smallest absolute Gasteiger partial charge is 0.336 e. The minimum atomic E-state index is -4.45. The van der Waals surface area contributed by atoms with E-state index in [0.717, 1.165) is 31.8 Å². The molecule has 2 N–H and O–H groups in total. The van der Waals surface area contributed by atoms with Crippen LogP contribution in [0.2, 0.25) is 0 Å². The summed E-state index contributed by atoms with van der Waals surface area (Å²) in [5, 5.41) is 9.99. The number of fused-ring (bicyclic) bond motifs is 1. The quantitative estimate of drug-likeness (QED) is 0.442. The van der Waals surface area contributed by atoms with Crippen LogP contribution in [0.3, 0.4) is 0 Å². The Kier molecular flexibility index (Phi) is 11.1. The zero-order valence-electron chi connectivity index (χ0n) is 19.0. The SMILES string of the molecule is CCN1CCN(c2cc(C(=O)O)c3cc(NS(=O)(=O)c4cc(F)ccc4F)ccc3n2)CC1.Cl.Cl.Cl. The summed E-state index contributed by atoms with van der Waals surface area (Å²) in [5.41, 5.74) is 0.341. The molecule has 0 bridgehead atoms. The van der Waals surface area contributed by atoms with Crippen LogP contribution in [0.25, 0.3) is 10.9 Å². The van der Waals surface area contributed by atoms with Crippen LogP contribution in [0.4, 0.5) is 20.3 Å². The summed E-state index contributed by atoms with van der Waals surface area (Å²) in [7, 11) is -4.45. The van der Waals surface area contributed by atoms with Gasteiger partial charge in [0.25, 0.3) is 10.0 Å². The second-order valence-corrected chi connectivity index (χ2v) is 9.32. The van der Waals surface area contributed by atoms with Gasteiger partial charge in [-0.05, 0) is 49.0 Å². The van der Waals surface area contributed by atoms with Crippen LogP contribution in [0.15, 0.2) is 47.4 Å². The lowest BCUT2D eigenvalue weighted by atomic mass is 10.1. The predicted molar refractivity (Wildman–Crippen MR) is 142 cm³/mol. The third kappa shape index (κ3) is 6.65. The molecule has 1 fully saturated rings. The molecule has 4 rings (SSSR count). The number of sulfonamides is 1. The highest BCUT2D eigenvalue weighted by atomic mass is 35.5. The van der Waals surface area contributed by atoms with Crippen LogP contribution < -0.4 is 9.62 Å². The van der Waals surface area contributed by atoms with Crippen molar-refractivity contribution in [2.45, 2.75) is 11.8 Å². The number of pyridine rings is 1. The molecule has 198 valence electrons. The van der Waals surface area contributed by atoms with Crippen LogP contribution >= 0.6 is 37.2 Å². The highest BCUT2D eigenvalue weighted by Crippen LogP contribution is 2.28. The molecular weight excluding hydrogens is 561 g/mol. The van der Waals surface area contributed by atoms with E-state index in [1.807, 2.05) is 4.90 Å². The molecule has 0 spiro atoms. The largest absolute Gasteiger partial charge is 0.478 e. The molecule has 3 aromatic rings. The van der Waals surface area contributed by atoms with Gasteiger partial charge in [-0.2, -0.15) is 0 Å². The van der Waals surface area contributed by atoms with Gasteiger partial charge in [0, 0.05) is 37.3 Å². The summed E-state index contributed by atoms with van der Waals surface area (Å²) in [4.78, 5) is 20.0. The number of piperazine rings is 1. The van der Waals surface area contributed by atoms with Crippen molar-refractivity contribution in [2.24, 2.45) is 0 Å². The molecule has 1 aromatic heterocycles. The molecule has 0 atom stereocenters. The first-order chi connectivity index (χ1) is 15.7. The van der Waals surface area contributed by atoms with Crippen molar-refractivity contribution in [1.82, 2.24) is 9.88 Å². The Morgan fingerprint density at radius 2 is 1.69 bits per heavy atom. The second-order valence-electron chi connectivity index (χ2n) is 7.67. The van der Waals surface area contributed by atoms with Crippen molar-refractivity contribution < 1.29 is 27.1 Å². The monoisotopic (exact) mass is 584 g/mol. The van der Waals surface area contributed by atoms with Crippen molar-refractivity contribution in [3.05, 3.63) is 59.7 Å². The van der Waals surface area contributed by atoms with Crippen LogP contribution in [0, 0.1) is 11.6 Å². The van der Waals surface area contributed by atoms with Crippen LogP contribution in [-0.4, -0.2) is 62.1 Å². The molecule has 0 unspecified atom stereocenters. The normalized spacial score (nSPS) is 13.8. The zero-order chi connectivity index (χ0) is 23.8. The van der Waals surface area contributed by atoms with Gasteiger partial charge >= 0.3 is 5.97 Å². The number of benzene rings is 2. The number of likely N-dealkylation sites (N-methyl/N-ethyl adjacent to an activating group) is 1. The average molecular weight is 586 g/mol. The molecule has 14 heteroatoms. The van der Waals surface area contributed by atoms with Crippen molar-refractivity contribution in [2.75, 3.05) is 42.3 Å². The fraction of sp³-hybridized carbons (Fsp3) is 0.273. The van der Waals surface area contributed by atoms with Crippen molar-refractivity contribution >= 4 is 75.6 Å². The number of nitrogens with zero attached hydrogens (tertiary/aromatic N) is 3. The topological polar surface area (TPSA) is 103 Å². The molecule has 8 nitrogen and oxygen atoms in total. The Morgan fingerprint density at radius 3 is 2.31 bits per heavy atom. The molecule has 0 radical (unpaired) electrons. The van der Waals surface area contributed by atoms with Gasteiger partial charge in [0.15, 0.2) is 0 Å². The summed E-state index contributed by atoms with van der Waals surface area (Å²) < 4.78 is 54.8. The number of carboxylic acid groups (broad SMARTS) is 1. The van der Waals surface area contributed by atoms with Gasteiger partial charge in [0.2, 0.25) is 0 Å². The Balaban J connectivity index is 0.00000216. The summed E-state index contributed by atoms with van der Waals surface area (Å²) in [6, 6.07) is 7.79. The minimum absolute atomic E-state index is 0. The number of hydrogen-bond acceptors (Lipinski definition) is 6. The van der Waals surface area contributed by atoms with Crippen LogP contribution in [-0.2, 0) is 10.0 Å². The number of rotatable bonds is 6. The summed E-state index contributed by atoms with van der Waals surface area (Å²) in [6.07, 6.45) is 0. The van der Waals surface area contributed by atoms with Crippen LogP contribution in [0.5, 0.6) is 0 Å². The number of halogens is 5. The van der Waals surface area contributed by atoms with E-state index in [1.54, 1.807) is 0 Å². The van der Waals surface area contributed by atoms with E-state index in [0.29, 0.717) is 30.5 Å². The summed E-state index contributed by atoms with van der Waals surface area (Å²) in [5.74, 6) is -2.66. The number of carbonyl (C=O) groups is 1. The number of aromatic carboxylic acids is 1. The molecule has 2 heterocycles. The Labute approximate surface area is 226 Å². The number of anilines is 2. The standard InChI is InChI=1S/C22H22F2N4O4S.3ClH/c1-2-27-7-9-28(10-8-27)21-13-17(22(29)30)16-12-15(4-6-19(16)25-21)26-33(31,32)20-11-14(23)3-5-18(20)24;;;/h3-6,11-13,26H,2,7-10H2,1H3,(H,29,30);3*1H. The highest BCUT2D eigenvalue weighted by Gasteiger charge is 2.23. The van der Waals surface area contributed by atoms with E-state index in [2.05, 4.69) is 21.5 Å². The van der Waals surface area contributed by atoms with E-state index < -0.39 is 32.5 Å². The van der Waals surface area contributed by atoms with Gasteiger partial charge in [-0.3, -0.25) is 4.72 Å². The average Bonchev–Trinajstić information content (AvgIpc) is 2.79. The molecule has 0 amide bonds. The van der Waals surface area contributed by atoms with E-state index in [4.69, 9.17) is 0 Å². The van der Waals surface area contributed by atoms with E-state index in [9.17, 15) is 27.1 Å². The maximum Gasteiger partial charge on any atom is 0.336 e. The molecular formula is C22H25Cl3F2N4O4S. The van der Waals surface area contributed by atoms with Gasteiger partial charge in [-0.25, -0.2) is 27.0 Å². The van der Waals surface area contributed by atoms with Crippen molar-refractivity contribution in [3.8, 4) is 0 Å². The van der Waals surface area contributed by atoms with Crippen molar-refractivity contribution in [3.63, 3.8) is 0 Å². The molecule has 0 aliphatic carbocycles. The number of carboxylic acids is 1. The summed E-state index contributed by atoms with van der Waals surface area (Å²) >= 11 is 0. The Hall–Kier alpha value is -2.44. The van der Waals surface area contributed by atoms with Gasteiger partial charge in [0.05, 0.1) is 11.1 Å². The van der Waals surface area contributed by atoms with Crippen molar-refractivity contribution in [1.29, 1.82) is 0 Å². The number of hydrogen-bond donors (Lipinski definition) is 2. The first-order valence-electron chi connectivity index (χ1n) is 10.3. The van der Waals surface area contributed by atoms with Gasteiger partial charge in [0.1, 0.15) is 22.3 Å². The minimum Gasteiger partial charge on any atom is -0.478 e. The lowest BCUT2D eigenvalue weighted by Crippen LogP contribution is -2.46. The first kappa shape index (κ1) is 31.6. The second kappa shape index (κ2) is 12.7. The number of aromatic nitrogens is 1. The third-order valence-electron chi connectivity index (χ3n) is 5.60. The molecule has 36 heavy (non-hydrogen) atoms. The molecule has 1 saturated heterocycles. The molecule has 1 aliphatic heterocycles. The van der Waals surface area contributed by atoms with E-state index in [1.165, 1.54) is 24.3 Å². The summed E-state index contributed by atoms with van der Waals surface area (Å²) in [6.45, 7) is 6.13. The lowest BCUT2D eigenvalue weighted by Gasteiger charge is -2.35. The maximum absolute atomic E-state index is 14.0. The van der Waals surface area contributed by atoms with Gasteiger partial charge in [-0.1, -0.05) is 6.92 Å². The fourth-order valence-electron chi connectivity index (χ4n) is 3.80. The molecule has 2 aromatic carbocycles. The predicted octanol–water partition coefficient (Wildman–Crippen LogP) is 4.42. The first-order valence-corrected chi connectivity index (χ1v) is 11.8. The van der Waals surface area contributed by atoms with Gasteiger partial charge in [-0.15, -0.1) is 37.2 Å². The zero-order valence-corrected chi connectivity index (χ0v) is 22.2. The van der Waals surface area contributed by atoms with Gasteiger partial charge < -0.3 is 14.9 Å². The Bertz CT molecular complexity index is 1340. The number of nitrogens with one attached hydrogen (secondary N) is 1. The van der Waals surface area contributed by atoms with Crippen LogP contribution in [0.1, 0.15) is 17.3 Å². The fourth-order valence-corrected chi connectivity index (χ4v) is 4.94. The highest BCUT2D eigenvalue weighted by molar-refractivity contribution is 7.92. The third-order valence-corrected chi connectivity index (χ3v) is 7.00. The molecule has 1 aliphatic rings. The van der Waals surface area contributed by atoms with E-state index in [-0.39, 0.29) is 53.9 Å². The molecule has 0 saturated carbocycles. The van der Waals surface area contributed by atoms with E-state index >= 15 is 0 Å².